The number of para-hydroxylation sites is 1. The molecule has 0 fully saturated rings. The molecule has 0 unspecified atom stereocenters. The Morgan fingerprint density at radius 3 is 2.60 bits per heavy atom. The fraction of sp³-hybridized carbons (Fsp3) is 0.267. The summed E-state index contributed by atoms with van der Waals surface area (Å²) in [5.74, 6) is -0.0107. The molecule has 0 saturated heterocycles. The molecule has 1 N–H and O–H groups in total. The molecule has 1 aromatic heterocycles. The fourth-order valence-electron chi connectivity index (χ4n) is 1.74. The molecule has 20 heavy (non-hydrogen) atoms. The summed E-state index contributed by atoms with van der Waals surface area (Å²) >= 11 is 0. The molecular weight excluding hydrogens is 257 g/mol. The minimum absolute atomic E-state index is 0.143. The summed E-state index contributed by atoms with van der Waals surface area (Å²) in [6.07, 6.45) is 1.48. The van der Waals surface area contributed by atoms with E-state index in [1.165, 1.54) is 18.3 Å². The number of nitrogens with one attached hydrogen (secondary N) is 1. The van der Waals surface area contributed by atoms with Crippen molar-refractivity contribution in [2.45, 2.75) is 26.7 Å². The third-order valence-corrected chi connectivity index (χ3v) is 2.88. The fourth-order valence-corrected chi connectivity index (χ4v) is 1.74. The maximum absolute atomic E-state index is 13.5. The van der Waals surface area contributed by atoms with Crippen LogP contribution in [0.2, 0.25) is 0 Å². The molecule has 0 bridgehead atoms. The lowest BCUT2D eigenvalue weighted by Gasteiger charge is -2.10. The monoisotopic (exact) mass is 273 g/mol. The number of aryl methyl sites for hydroxylation is 1. The van der Waals surface area contributed by atoms with Crippen molar-refractivity contribution >= 4 is 11.6 Å². The second-order valence-electron chi connectivity index (χ2n) is 4.82. The summed E-state index contributed by atoms with van der Waals surface area (Å²) in [5.41, 5.74) is 1.07. The summed E-state index contributed by atoms with van der Waals surface area (Å²) in [6, 6.07) is 6.02. The van der Waals surface area contributed by atoms with Gasteiger partial charge >= 0.3 is 0 Å². The Morgan fingerprint density at radius 2 is 2.00 bits per heavy atom. The Bertz CT molecular complexity index is 641. The summed E-state index contributed by atoms with van der Waals surface area (Å²) in [6.45, 7) is 5.70. The number of halogens is 1. The van der Waals surface area contributed by atoms with Crippen LogP contribution in [0, 0.1) is 12.7 Å². The predicted molar refractivity (Wildman–Crippen MR) is 75.2 cm³/mol. The topological polar surface area (TPSA) is 54.9 Å². The molecule has 2 rings (SSSR count). The quantitative estimate of drug-likeness (QED) is 0.933. The number of aromatic nitrogens is 2. The summed E-state index contributed by atoms with van der Waals surface area (Å²) < 4.78 is 13.5. The molecule has 0 atom stereocenters. The van der Waals surface area contributed by atoms with Crippen LogP contribution in [0.1, 0.15) is 41.6 Å². The van der Waals surface area contributed by atoms with Gasteiger partial charge in [0.1, 0.15) is 11.6 Å². The number of nitrogens with zero attached hydrogens (tertiary/aromatic N) is 2. The summed E-state index contributed by atoms with van der Waals surface area (Å²) in [4.78, 5) is 20.6. The second-order valence-corrected chi connectivity index (χ2v) is 4.82. The first kappa shape index (κ1) is 14.1. The molecule has 104 valence electrons. The Hall–Kier alpha value is -2.30. The number of carbonyl (C=O) groups excluding carboxylic acids is 1. The van der Waals surface area contributed by atoms with Crippen LogP contribution < -0.4 is 5.32 Å². The normalized spacial score (nSPS) is 10.7. The van der Waals surface area contributed by atoms with Gasteiger partial charge in [0.15, 0.2) is 0 Å². The molecule has 0 aliphatic rings. The van der Waals surface area contributed by atoms with Gasteiger partial charge < -0.3 is 5.32 Å². The van der Waals surface area contributed by atoms with Crippen LogP contribution in [0.15, 0.2) is 30.5 Å². The molecule has 0 aliphatic carbocycles. The zero-order valence-corrected chi connectivity index (χ0v) is 11.6. The SMILES string of the molecule is Cc1nc(C(C)C)ncc1C(=O)Nc1ccccc1F. The molecule has 0 radical (unpaired) electrons. The number of carbonyl (C=O) groups is 1. The zero-order valence-electron chi connectivity index (χ0n) is 11.6. The zero-order chi connectivity index (χ0) is 14.7. The Morgan fingerprint density at radius 1 is 1.30 bits per heavy atom. The van der Waals surface area contributed by atoms with Crippen LogP contribution in [0.4, 0.5) is 10.1 Å². The highest BCUT2D eigenvalue weighted by molar-refractivity contribution is 6.04. The summed E-state index contributed by atoms with van der Waals surface area (Å²) in [7, 11) is 0. The Labute approximate surface area is 117 Å². The highest BCUT2D eigenvalue weighted by Gasteiger charge is 2.14. The first-order valence-corrected chi connectivity index (χ1v) is 6.38. The lowest BCUT2D eigenvalue weighted by atomic mass is 10.1. The van der Waals surface area contributed by atoms with E-state index in [4.69, 9.17) is 0 Å². The molecule has 1 heterocycles. The van der Waals surface area contributed by atoms with Crippen LogP contribution in [0.25, 0.3) is 0 Å². The van der Waals surface area contributed by atoms with Gasteiger partial charge in [-0.1, -0.05) is 26.0 Å². The van der Waals surface area contributed by atoms with Crippen molar-refractivity contribution in [1.29, 1.82) is 0 Å². The van der Waals surface area contributed by atoms with Crippen molar-refractivity contribution in [2.75, 3.05) is 5.32 Å². The highest BCUT2D eigenvalue weighted by atomic mass is 19.1. The van der Waals surface area contributed by atoms with Crippen LogP contribution in [0.5, 0.6) is 0 Å². The molecule has 1 amide bonds. The number of rotatable bonds is 3. The Kier molecular flexibility index (Phi) is 4.08. The van der Waals surface area contributed by atoms with Gasteiger partial charge in [-0.2, -0.15) is 0 Å². The third kappa shape index (κ3) is 2.99. The average molecular weight is 273 g/mol. The third-order valence-electron chi connectivity index (χ3n) is 2.88. The Balaban J connectivity index is 2.24. The average Bonchev–Trinajstić information content (AvgIpc) is 2.41. The molecule has 4 nitrogen and oxygen atoms in total. The van der Waals surface area contributed by atoms with E-state index in [0.29, 0.717) is 17.1 Å². The van der Waals surface area contributed by atoms with Gasteiger partial charge in [0.2, 0.25) is 0 Å². The lowest BCUT2D eigenvalue weighted by molar-refractivity contribution is 0.102. The first-order valence-electron chi connectivity index (χ1n) is 6.38. The van der Waals surface area contributed by atoms with Gasteiger partial charge in [-0.3, -0.25) is 4.79 Å². The molecule has 0 spiro atoms. The molecule has 2 aromatic rings. The maximum Gasteiger partial charge on any atom is 0.259 e. The molecular formula is C15H16FN3O. The van der Waals surface area contributed by atoms with Crippen molar-refractivity contribution in [3.63, 3.8) is 0 Å². The van der Waals surface area contributed by atoms with E-state index in [0.717, 1.165) is 0 Å². The van der Waals surface area contributed by atoms with Crippen molar-refractivity contribution in [2.24, 2.45) is 0 Å². The largest absolute Gasteiger partial charge is 0.319 e. The van der Waals surface area contributed by atoms with Gasteiger partial charge in [-0.25, -0.2) is 14.4 Å². The number of benzene rings is 1. The van der Waals surface area contributed by atoms with Crippen LogP contribution in [-0.2, 0) is 0 Å². The molecule has 1 aromatic carbocycles. The van der Waals surface area contributed by atoms with Gasteiger partial charge in [-0.05, 0) is 19.1 Å². The number of hydrogen-bond acceptors (Lipinski definition) is 3. The van der Waals surface area contributed by atoms with Gasteiger partial charge in [-0.15, -0.1) is 0 Å². The van der Waals surface area contributed by atoms with Crippen LogP contribution >= 0.6 is 0 Å². The number of hydrogen-bond donors (Lipinski definition) is 1. The van der Waals surface area contributed by atoms with Crippen LogP contribution in [-0.4, -0.2) is 15.9 Å². The van der Waals surface area contributed by atoms with E-state index in [1.54, 1.807) is 19.1 Å². The highest BCUT2D eigenvalue weighted by Crippen LogP contribution is 2.16. The van der Waals surface area contributed by atoms with E-state index in [1.807, 2.05) is 13.8 Å². The van der Waals surface area contributed by atoms with E-state index in [2.05, 4.69) is 15.3 Å². The predicted octanol–water partition coefficient (Wildman–Crippen LogP) is 3.30. The molecule has 0 saturated carbocycles. The molecule has 5 heteroatoms. The second kappa shape index (κ2) is 5.77. The number of amides is 1. The minimum Gasteiger partial charge on any atom is -0.319 e. The lowest BCUT2D eigenvalue weighted by Crippen LogP contribution is -2.16. The number of anilines is 1. The van der Waals surface area contributed by atoms with Crippen molar-refractivity contribution in [1.82, 2.24) is 9.97 Å². The first-order chi connectivity index (χ1) is 9.49. The van der Waals surface area contributed by atoms with E-state index in [9.17, 15) is 9.18 Å². The van der Waals surface area contributed by atoms with Crippen molar-refractivity contribution < 1.29 is 9.18 Å². The molecule has 0 aliphatic heterocycles. The van der Waals surface area contributed by atoms with E-state index in [-0.39, 0.29) is 11.6 Å². The standard InChI is InChI=1S/C15H16FN3O/c1-9(2)14-17-8-11(10(3)18-14)15(20)19-13-7-5-4-6-12(13)16/h4-9H,1-3H3,(H,19,20). The van der Waals surface area contributed by atoms with E-state index < -0.39 is 11.7 Å². The minimum atomic E-state index is -0.474. The van der Waals surface area contributed by atoms with Gasteiger partial charge in [0.05, 0.1) is 16.9 Å². The van der Waals surface area contributed by atoms with E-state index >= 15 is 0 Å². The smallest absolute Gasteiger partial charge is 0.259 e. The van der Waals surface area contributed by atoms with Gasteiger partial charge in [0, 0.05) is 12.1 Å². The van der Waals surface area contributed by atoms with Crippen molar-refractivity contribution in [3.8, 4) is 0 Å². The summed E-state index contributed by atoms with van der Waals surface area (Å²) in [5, 5.41) is 2.52. The van der Waals surface area contributed by atoms with Gasteiger partial charge in [0.25, 0.3) is 5.91 Å². The van der Waals surface area contributed by atoms with Crippen molar-refractivity contribution in [3.05, 3.63) is 53.4 Å². The maximum atomic E-state index is 13.5. The van der Waals surface area contributed by atoms with Crippen LogP contribution in [0.3, 0.4) is 0 Å².